The summed E-state index contributed by atoms with van der Waals surface area (Å²) in [6.07, 6.45) is -0.883. The van der Waals surface area contributed by atoms with Crippen molar-refractivity contribution in [2.75, 3.05) is 45.6 Å². The highest BCUT2D eigenvalue weighted by molar-refractivity contribution is 7.51. The van der Waals surface area contributed by atoms with E-state index in [1.807, 2.05) is 0 Å². The average Bonchev–Trinajstić information content (AvgIpc) is 2.26. The summed E-state index contributed by atoms with van der Waals surface area (Å²) in [7, 11) is -4.44. The Morgan fingerprint density at radius 2 is 1.38 bits per heavy atom. The van der Waals surface area contributed by atoms with Crippen LogP contribution < -0.4 is 16.8 Å². The number of hydrogen-bond donors (Lipinski definition) is 7. The molecule has 0 aliphatic carbocycles. The minimum atomic E-state index is -4.44. The molecule has 126 valence electrons. The molecule has 0 aliphatic rings. The van der Waals surface area contributed by atoms with Crippen molar-refractivity contribution in [3.63, 3.8) is 0 Å². The van der Waals surface area contributed by atoms with Crippen LogP contribution in [0.5, 0.6) is 0 Å². The molecule has 0 atom stereocenters. The molecule has 0 spiro atoms. The van der Waals surface area contributed by atoms with E-state index in [9.17, 15) is 14.2 Å². The smallest absolute Gasteiger partial charge is 0.339 e. The number of rotatable bonds is 10. The van der Waals surface area contributed by atoms with E-state index in [4.69, 9.17) is 31.5 Å². The molecule has 0 amide bonds. The molecule has 0 unspecified atom stereocenters. The van der Waals surface area contributed by atoms with Crippen molar-refractivity contribution in [3.05, 3.63) is 0 Å². The van der Waals surface area contributed by atoms with E-state index in [0.717, 1.165) is 13.1 Å². The quantitative estimate of drug-likeness (QED) is 0.160. The first kappa shape index (κ1) is 22.2. The van der Waals surface area contributed by atoms with Crippen molar-refractivity contribution >= 4 is 19.5 Å². The molecule has 0 rings (SSSR count). The first-order chi connectivity index (χ1) is 9.62. The predicted molar refractivity (Wildman–Crippen MR) is 74.7 cm³/mol. The molecule has 0 aromatic carbocycles. The van der Waals surface area contributed by atoms with Crippen molar-refractivity contribution in [1.82, 2.24) is 10.2 Å². The summed E-state index contributed by atoms with van der Waals surface area (Å²) in [5, 5.41) is 19.6. The molecule has 0 bridgehead atoms. The van der Waals surface area contributed by atoms with Gasteiger partial charge in [-0.15, -0.1) is 0 Å². The molecule has 0 radical (unpaired) electrons. The fourth-order valence-corrected chi connectivity index (χ4v) is 1.85. The molecule has 12 heteroatoms. The lowest BCUT2D eigenvalue weighted by Gasteiger charge is -2.17. The van der Waals surface area contributed by atoms with Gasteiger partial charge in [-0.05, 0) is 0 Å². The highest BCUT2D eigenvalue weighted by Crippen LogP contribution is 2.34. The summed E-state index contributed by atoms with van der Waals surface area (Å²) < 4.78 is 10.5. The van der Waals surface area contributed by atoms with Gasteiger partial charge < -0.3 is 36.8 Å². The zero-order chi connectivity index (χ0) is 16.9. The van der Waals surface area contributed by atoms with Crippen molar-refractivity contribution in [1.29, 1.82) is 0 Å². The molecule has 21 heavy (non-hydrogen) atoms. The fourth-order valence-electron chi connectivity index (χ4n) is 1.13. The maximum Gasteiger partial charge on any atom is 0.339 e. The van der Waals surface area contributed by atoms with E-state index in [-0.39, 0.29) is 0 Å². The van der Waals surface area contributed by atoms with Crippen LogP contribution in [0.1, 0.15) is 0 Å². The van der Waals surface area contributed by atoms with Gasteiger partial charge in [0.2, 0.25) is 0 Å². The third-order valence-electron chi connectivity index (χ3n) is 1.74. The Labute approximate surface area is 122 Å². The summed E-state index contributed by atoms with van der Waals surface area (Å²) in [6.45, 7) is 1.68. The standard InChI is InChI=1S/C5H10NO7P.C4H13N3/c7-4(8)1-6(2-5(9)10)3-14(11,12)13;5-1-3-7-4-2-6/h1-3H2,(H,7,8)(H,9,10)(H2,11,12,13);7H,1-6H2. The first-order valence-corrected chi connectivity index (χ1v) is 7.73. The van der Waals surface area contributed by atoms with Crippen LogP contribution in [0.4, 0.5) is 0 Å². The third kappa shape index (κ3) is 21.4. The van der Waals surface area contributed by atoms with Crippen molar-refractivity contribution in [2.45, 2.75) is 0 Å². The Morgan fingerprint density at radius 1 is 1.00 bits per heavy atom. The molecule has 0 aromatic heterocycles. The number of nitrogens with one attached hydrogen (secondary N) is 1. The van der Waals surface area contributed by atoms with Gasteiger partial charge >= 0.3 is 19.5 Å². The van der Waals surface area contributed by atoms with Gasteiger partial charge in [-0.1, -0.05) is 0 Å². The molecule has 0 saturated carbocycles. The maximum atomic E-state index is 10.5. The van der Waals surface area contributed by atoms with Gasteiger partial charge in [-0.25, -0.2) is 0 Å². The lowest BCUT2D eigenvalue weighted by molar-refractivity contribution is -0.141. The number of nitrogens with two attached hydrogens (primary N) is 2. The third-order valence-corrected chi connectivity index (χ3v) is 2.51. The van der Waals surface area contributed by atoms with E-state index in [1.54, 1.807) is 0 Å². The number of carboxylic acid groups (broad SMARTS) is 2. The number of carbonyl (C=O) groups is 2. The fraction of sp³-hybridized carbons (Fsp3) is 0.778. The minimum absolute atomic E-state index is 0.644. The Hall–Kier alpha value is -1.07. The second kappa shape index (κ2) is 12.7. The predicted octanol–water partition coefficient (Wildman–Crippen LogP) is -2.91. The second-order valence-corrected chi connectivity index (χ2v) is 5.52. The topological polar surface area (TPSA) is 199 Å². The molecule has 0 heterocycles. The lowest BCUT2D eigenvalue weighted by atomic mass is 10.5. The largest absolute Gasteiger partial charge is 0.480 e. The van der Waals surface area contributed by atoms with Gasteiger partial charge in [-0.3, -0.25) is 19.1 Å². The van der Waals surface area contributed by atoms with Gasteiger partial charge in [0.25, 0.3) is 0 Å². The Kier molecular flexibility index (Phi) is 13.4. The number of hydrogen-bond acceptors (Lipinski definition) is 7. The summed E-state index contributed by atoms with van der Waals surface area (Å²) in [5.41, 5.74) is 10.3. The maximum absolute atomic E-state index is 10.5. The molecule has 0 aliphatic heterocycles. The molecule has 0 saturated heterocycles. The number of nitrogens with zero attached hydrogens (tertiary/aromatic N) is 1. The Bertz CT molecular complexity index is 329. The van der Waals surface area contributed by atoms with Gasteiger partial charge in [0.1, 0.15) is 6.29 Å². The van der Waals surface area contributed by atoms with Crippen LogP contribution in [0.3, 0.4) is 0 Å². The minimum Gasteiger partial charge on any atom is -0.480 e. The molecule has 0 fully saturated rings. The van der Waals surface area contributed by atoms with Crippen LogP contribution in [-0.4, -0.2) is 82.4 Å². The van der Waals surface area contributed by atoms with Crippen LogP contribution >= 0.6 is 7.60 Å². The molecule has 11 nitrogen and oxygen atoms in total. The highest BCUT2D eigenvalue weighted by Gasteiger charge is 2.22. The van der Waals surface area contributed by atoms with E-state index in [2.05, 4.69) is 5.32 Å². The second-order valence-electron chi connectivity index (χ2n) is 3.91. The van der Waals surface area contributed by atoms with Crippen LogP contribution in [0.25, 0.3) is 0 Å². The molecular formula is C9H23N4O7P. The monoisotopic (exact) mass is 330 g/mol. The van der Waals surface area contributed by atoms with Gasteiger partial charge in [0.15, 0.2) is 0 Å². The summed E-state index contributed by atoms with van der Waals surface area (Å²) in [6, 6.07) is 0. The van der Waals surface area contributed by atoms with E-state index < -0.39 is 38.9 Å². The van der Waals surface area contributed by atoms with Crippen LogP contribution in [0, 0.1) is 0 Å². The van der Waals surface area contributed by atoms with Gasteiger partial charge in [-0.2, -0.15) is 0 Å². The highest BCUT2D eigenvalue weighted by atomic mass is 31.2. The number of aliphatic carboxylic acids is 2. The number of carboxylic acids is 2. The van der Waals surface area contributed by atoms with E-state index in [1.165, 1.54) is 0 Å². The van der Waals surface area contributed by atoms with Gasteiger partial charge in [0, 0.05) is 26.2 Å². The van der Waals surface area contributed by atoms with Crippen LogP contribution in [-0.2, 0) is 14.2 Å². The van der Waals surface area contributed by atoms with E-state index >= 15 is 0 Å². The van der Waals surface area contributed by atoms with Crippen LogP contribution in [0.2, 0.25) is 0 Å². The molecular weight excluding hydrogens is 307 g/mol. The Morgan fingerprint density at radius 3 is 1.62 bits per heavy atom. The summed E-state index contributed by atoms with van der Waals surface area (Å²) in [4.78, 5) is 38.0. The first-order valence-electron chi connectivity index (χ1n) is 5.93. The normalized spacial score (nSPS) is 10.9. The molecule has 9 N–H and O–H groups in total. The SMILES string of the molecule is NCCNCCN.O=C(O)CN(CC(=O)O)CP(=O)(O)O. The van der Waals surface area contributed by atoms with Crippen molar-refractivity contribution in [2.24, 2.45) is 11.5 Å². The zero-order valence-corrected chi connectivity index (χ0v) is 12.4. The van der Waals surface area contributed by atoms with E-state index in [0.29, 0.717) is 18.0 Å². The summed E-state index contributed by atoms with van der Waals surface area (Å²) in [5.74, 6) is -2.70. The summed E-state index contributed by atoms with van der Waals surface area (Å²) >= 11 is 0. The van der Waals surface area contributed by atoms with Gasteiger partial charge in [0.05, 0.1) is 13.1 Å². The van der Waals surface area contributed by atoms with Crippen molar-refractivity contribution < 1.29 is 34.2 Å². The van der Waals surface area contributed by atoms with Crippen molar-refractivity contribution in [3.8, 4) is 0 Å². The van der Waals surface area contributed by atoms with Crippen LogP contribution in [0.15, 0.2) is 0 Å². The average molecular weight is 330 g/mol. The Balaban J connectivity index is 0. The molecule has 0 aromatic rings. The lowest BCUT2D eigenvalue weighted by Crippen LogP contribution is -2.35. The zero-order valence-electron chi connectivity index (χ0n) is 11.5.